The van der Waals surface area contributed by atoms with Crippen LogP contribution in [-0.2, 0) is 16.9 Å². The van der Waals surface area contributed by atoms with E-state index in [-0.39, 0.29) is 19.0 Å². The molecule has 1 aromatic rings. The van der Waals surface area contributed by atoms with Crippen molar-refractivity contribution in [3.05, 3.63) is 29.1 Å². The Morgan fingerprint density at radius 3 is 2.80 bits per heavy atom. The van der Waals surface area contributed by atoms with Crippen molar-refractivity contribution in [3.63, 3.8) is 0 Å². The molecule has 0 radical (unpaired) electrons. The molecule has 0 aliphatic carbocycles. The lowest BCUT2D eigenvalue weighted by atomic mass is 9.92. The van der Waals surface area contributed by atoms with Gasteiger partial charge in [0.15, 0.2) is 6.79 Å². The highest BCUT2D eigenvalue weighted by Gasteiger charge is 2.28. The summed E-state index contributed by atoms with van der Waals surface area (Å²) in [5.41, 5.74) is -0.395. The quantitative estimate of drug-likeness (QED) is 0.773. The molecule has 0 aromatic heterocycles. The molecular formula is C11H13FO3. The van der Waals surface area contributed by atoms with E-state index in [1.54, 1.807) is 19.9 Å². The van der Waals surface area contributed by atoms with Gasteiger partial charge in [0, 0.05) is 11.1 Å². The zero-order valence-electron chi connectivity index (χ0n) is 8.71. The van der Waals surface area contributed by atoms with Gasteiger partial charge in [-0.25, -0.2) is 4.39 Å². The van der Waals surface area contributed by atoms with E-state index in [0.29, 0.717) is 11.3 Å². The third kappa shape index (κ3) is 1.82. The van der Waals surface area contributed by atoms with E-state index >= 15 is 0 Å². The van der Waals surface area contributed by atoms with Crippen LogP contribution in [0.15, 0.2) is 12.1 Å². The van der Waals surface area contributed by atoms with Gasteiger partial charge in [0.1, 0.15) is 11.6 Å². The largest absolute Gasteiger partial charge is 0.467 e. The predicted molar refractivity (Wildman–Crippen MR) is 51.9 cm³/mol. The van der Waals surface area contributed by atoms with Crippen LogP contribution in [0.25, 0.3) is 0 Å². The Morgan fingerprint density at radius 1 is 1.40 bits per heavy atom. The lowest BCUT2D eigenvalue weighted by molar-refractivity contribution is -0.0208. The molecule has 1 aromatic carbocycles. The predicted octanol–water partition coefficient (Wildman–Crippen LogP) is 1.92. The zero-order valence-corrected chi connectivity index (χ0v) is 8.71. The lowest BCUT2D eigenvalue weighted by Gasteiger charge is -2.26. The highest BCUT2D eigenvalue weighted by Crippen LogP contribution is 2.34. The molecule has 1 N–H and O–H groups in total. The maximum absolute atomic E-state index is 13.6. The summed E-state index contributed by atoms with van der Waals surface area (Å²) in [4.78, 5) is 0. The fourth-order valence-corrected chi connectivity index (χ4v) is 1.79. The molecule has 1 aliphatic heterocycles. The van der Waals surface area contributed by atoms with E-state index in [4.69, 9.17) is 9.47 Å². The van der Waals surface area contributed by atoms with Gasteiger partial charge in [0.2, 0.25) is 0 Å². The molecule has 4 heteroatoms. The topological polar surface area (TPSA) is 38.7 Å². The molecule has 82 valence electrons. The van der Waals surface area contributed by atoms with Crippen LogP contribution in [0.4, 0.5) is 4.39 Å². The van der Waals surface area contributed by atoms with Crippen LogP contribution in [-0.4, -0.2) is 11.9 Å². The number of hydrogen-bond donors (Lipinski definition) is 1. The number of fused-ring (bicyclic) bond motifs is 1. The number of aliphatic hydroxyl groups is 1. The van der Waals surface area contributed by atoms with E-state index in [9.17, 15) is 9.50 Å². The summed E-state index contributed by atoms with van der Waals surface area (Å²) in [6.07, 6.45) is 0. The smallest absolute Gasteiger partial charge is 0.189 e. The maximum Gasteiger partial charge on any atom is 0.189 e. The van der Waals surface area contributed by atoms with Gasteiger partial charge in [-0.1, -0.05) is 0 Å². The van der Waals surface area contributed by atoms with E-state index in [0.717, 1.165) is 0 Å². The second kappa shape index (κ2) is 3.47. The first-order valence-corrected chi connectivity index (χ1v) is 4.75. The summed E-state index contributed by atoms with van der Waals surface area (Å²) in [5.74, 6) is 0.148. The van der Waals surface area contributed by atoms with E-state index in [2.05, 4.69) is 0 Å². The van der Waals surface area contributed by atoms with Crippen LogP contribution >= 0.6 is 0 Å². The molecular weight excluding hydrogens is 199 g/mol. The van der Waals surface area contributed by atoms with Gasteiger partial charge in [-0.15, -0.1) is 0 Å². The molecule has 0 atom stereocenters. The van der Waals surface area contributed by atoms with Crippen LogP contribution in [0.3, 0.4) is 0 Å². The minimum absolute atomic E-state index is 0.171. The summed E-state index contributed by atoms with van der Waals surface area (Å²) in [7, 11) is 0. The first-order valence-electron chi connectivity index (χ1n) is 4.75. The molecule has 3 nitrogen and oxygen atoms in total. The van der Waals surface area contributed by atoms with Crippen molar-refractivity contribution < 1.29 is 19.0 Å². The van der Waals surface area contributed by atoms with Crippen molar-refractivity contribution >= 4 is 0 Å². The summed E-state index contributed by atoms with van der Waals surface area (Å²) < 4.78 is 23.9. The molecule has 2 rings (SSSR count). The monoisotopic (exact) mass is 212 g/mol. The van der Waals surface area contributed by atoms with Crippen LogP contribution in [0.5, 0.6) is 5.75 Å². The summed E-state index contributed by atoms with van der Waals surface area (Å²) in [6, 6.07) is 2.86. The van der Waals surface area contributed by atoms with Crippen molar-refractivity contribution in [2.45, 2.75) is 26.1 Å². The minimum atomic E-state index is -1.24. The molecule has 15 heavy (non-hydrogen) atoms. The van der Waals surface area contributed by atoms with Crippen LogP contribution in [0.2, 0.25) is 0 Å². The van der Waals surface area contributed by atoms with Gasteiger partial charge in [-0.2, -0.15) is 0 Å². The Labute approximate surface area is 87.4 Å². The highest BCUT2D eigenvalue weighted by molar-refractivity contribution is 5.43. The number of rotatable bonds is 1. The standard InChI is InChI=1S/C11H13FO3/c1-11(2,13)10-7-5-14-6-15-9(7)4-3-8(10)12/h3-4,13H,5-6H2,1-2H3. The molecule has 0 fully saturated rings. The third-order valence-electron chi connectivity index (χ3n) is 2.38. The van der Waals surface area contributed by atoms with Crippen molar-refractivity contribution in [1.82, 2.24) is 0 Å². The normalized spacial score (nSPS) is 15.7. The van der Waals surface area contributed by atoms with Crippen molar-refractivity contribution in [2.75, 3.05) is 6.79 Å². The molecule has 0 spiro atoms. The molecule has 0 amide bonds. The molecule has 1 heterocycles. The van der Waals surface area contributed by atoms with Gasteiger partial charge >= 0.3 is 0 Å². The lowest BCUT2D eigenvalue weighted by Crippen LogP contribution is -2.23. The Hall–Kier alpha value is -1.13. The Morgan fingerprint density at radius 2 is 2.13 bits per heavy atom. The van der Waals surface area contributed by atoms with Crippen molar-refractivity contribution in [2.24, 2.45) is 0 Å². The van der Waals surface area contributed by atoms with Crippen molar-refractivity contribution in [3.8, 4) is 5.75 Å². The van der Waals surface area contributed by atoms with Crippen LogP contribution in [0, 0.1) is 5.82 Å². The van der Waals surface area contributed by atoms with Crippen LogP contribution < -0.4 is 4.74 Å². The fourth-order valence-electron chi connectivity index (χ4n) is 1.79. The van der Waals surface area contributed by atoms with Gasteiger partial charge in [0.05, 0.1) is 12.2 Å². The average molecular weight is 212 g/mol. The number of benzene rings is 1. The number of ether oxygens (including phenoxy) is 2. The molecule has 0 unspecified atom stereocenters. The average Bonchev–Trinajstić information content (AvgIpc) is 2.15. The second-order valence-electron chi connectivity index (χ2n) is 4.07. The highest BCUT2D eigenvalue weighted by atomic mass is 19.1. The summed E-state index contributed by atoms with van der Waals surface area (Å²) in [6.45, 7) is 3.52. The van der Waals surface area contributed by atoms with Gasteiger partial charge < -0.3 is 14.6 Å². The third-order valence-corrected chi connectivity index (χ3v) is 2.38. The minimum Gasteiger partial charge on any atom is -0.467 e. The van der Waals surface area contributed by atoms with Crippen LogP contribution in [0.1, 0.15) is 25.0 Å². The Bertz CT molecular complexity index is 382. The van der Waals surface area contributed by atoms with Gasteiger partial charge in [-0.3, -0.25) is 0 Å². The first-order chi connectivity index (χ1) is 7.00. The van der Waals surface area contributed by atoms with E-state index in [1.165, 1.54) is 6.07 Å². The van der Waals surface area contributed by atoms with Gasteiger partial charge in [0.25, 0.3) is 0 Å². The Kier molecular flexibility index (Phi) is 2.40. The number of hydrogen-bond acceptors (Lipinski definition) is 3. The van der Waals surface area contributed by atoms with E-state index < -0.39 is 11.4 Å². The molecule has 0 saturated heterocycles. The molecule has 0 saturated carbocycles. The SMILES string of the molecule is CC(C)(O)c1c(F)ccc2c1COCO2. The molecule has 0 bridgehead atoms. The fraction of sp³-hybridized carbons (Fsp3) is 0.455. The second-order valence-corrected chi connectivity index (χ2v) is 4.07. The summed E-state index contributed by atoms with van der Waals surface area (Å²) in [5, 5.41) is 9.87. The maximum atomic E-state index is 13.6. The summed E-state index contributed by atoms with van der Waals surface area (Å²) >= 11 is 0. The first kappa shape index (κ1) is 10.4. The van der Waals surface area contributed by atoms with Gasteiger partial charge in [-0.05, 0) is 26.0 Å². The zero-order chi connectivity index (χ0) is 11.1. The van der Waals surface area contributed by atoms with E-state index in [1.807, 2.05) is 0 Å². The Balaban J connectivity index is 2.60. The van der Waals surface area contributed by atoms with Crippen molar-refractivity contribution in [1.29, 1.82) is 0 Å². The molecule has 1 aliphatic rings. The number of halogens is 1.